The van der Waals surface area contributed by atoms with Crippen LogP contribution in [-0.2, 0) is 16.4 Å². The zero-order valence-corrected chi connectivity index (χ0v) is 11.5. The highest BCUT2D eigenvalue weighted by atomic mass is 32.2. The number of halogens is 3. The molecule has 0 spiro atoms. The van der Waals surface area contributed by atoms with Crippen LogP contribution in [0.15, 0.2) is 35.4 Å². The molecule has 114 valence electrons. The standard InChI is InChI=1S/C12H12F3N3O2S/c13-12(14,15)7-21(19,20)10-3-1-8(2-4-10)11-9(5-16)6-17-18-11/h1-4,6H,5,7,16H2,(H,17,18). The number of alkyl halides is 3. The molecular weight excluding hydrogens is 307 g/mol. The van der Waals surface area contributed by atoms with Gasteiger partial charge in [0, 0.05) is 12.1 Å². The van der Waals surface area contributed by atoms with E-state index in [9.17, 15) is 21.6 Å². The van der Waals surface area contributed by atoms with E-state index in [0.29, 0.717) is 11.3 Å². The quantitative estimate of drug-likeness (QED) is 0.900. The van der Waals surface area contributed by atoms with E-state index in [2.05, 4.69) is 10.2 Å². The van der Waals surface area contributed by atoms with Gasteiger partial charge >= 0.3 is 6.18 Å². The van der Waals surface area contributed by atoms with Crippen LogP contribution in [0.5, 0.6) is 0 Å². The lowest BCUT2D eigenvalue weighted by molar-refractivity contribution is -0.106. The summed E-state index contributed by atoms with van der Waals surface area (Å²) in [6.45, 7) is 0.236. The highest BCUT2D eigenvalue weighted by Crippen LogP contribution is 2.25. The summed E-state index contributed by atoms with van der Waals surface area (Å²) in [6, 6.07) is 5.10. The number of sulfone groups is 1. The van der Waals surface area contributed by atoms with E-state index in [1.54, 1.807) is 0 Å². The molecule has 0 aliphatic rings. The summed E-state index contributed by atoms with van der Waals surface area (Å²) in [5.41, 5.74) is 7.45. The monoisotopic (exact) mass is 319 g/mol. The molecule has 9 heteroatoms. The zero-order valence-electron chi connectivity index (χ0n) is 10.7. The fourth-order valence-corrected chi connectivity index (χ4v) is 2.99. The Bertz CT molecular complexity index is 721. The molecule has 1 aromatic heterocycles. The van der Waals surface area contributed by atoms with Crippen molar-refractivity contribution in [2.45, 2.75) is 17.6 Å². The summed E-state index contributed by atoms with van der Waals surface area (Å²) in [5.74, 6) is -1.88. The summed E-state index contributed by atoms with van der Waals surface area (Å²) in [7, 11) is -4.39. The van der Waals surface area contributed by atoms with Crippen LogP contribution in [0.4, 0.5) is 13.2 Å². The van der Waals surface area contributed by atoms with E-state index in [0.717, 1.165) is 17.7 Å². The second-order valence-electron chi connectivity index (χ2n) is 4.37. The maximum absolute atomic E-state index is 12.2. The van der Waals surface area contributed by atoms with Crippen LogP contribution in [0.25, 0.3) is 11.3 Å². The van der Waals surface area contributed by atoms with E-state index < -0.39 is 21.8 Å². The Balaban J connectivity index is 2.32. The summed E-state index contributed by atoms with van der Waals surface area (Å²) < 4.78 is 59.9. The summed E-state index contributed by atoms with van der Waals surface area (Å²) in [6.07, 6.45) is -3.24. The minimum atomic E-state index is -4.77. The predicted molar refractivity (Wildman–Crippen MR) is 70.0 cm³/mol. The van der Waals surface area contributed by atoms with E-state index in [1.165, 1.54) is 18.3 Å². The van der Waals surface area contributed by atoms with Crippen LogP contribution in [0, 0.1) is 0 Å². The molecule has 2 aromatic rings. The van der Waals surface area contributed by atoms with Gasteiger partial charge in [-0.25, -0.2) is 8.42 Å². The van der Waals surface area contributed by atoms with E-state index in [4.69, 9.17) is 5.73 Å². The molecule has 5 nitrogen and oxygen atoms in total. The molecule has 0 saturated carbocycles. The van der Waals surface area contributed by atoms with Gasteiger partial charge in [0.05, 0.1) is 16.8 Å². The van der Waals surface area contributed by atoms with Crippen molar-refractivity contribution in [1.82, 2.24) is 10.2 Å². The number of nitrogens with zero attached hydrogens (tertiary/aromatic N) is 1. The zero-order chi connectivity index (χ0) is 15.7. The number of hydrogen-bond donors (Lipinski definition) is 2. The minimum Gasteiger partial charge on any atom is -0.326 e. The maximum Gasteiger partial charge on any atom is 0.403 e. The van der Waals surface area contributed by atoms with Crippen molar-refractivity contribution in [3.8, 4) is 11.3 Å². The number of hydrogen-bond acceptors (Lipinski definition) is 4. The fourth-order valence-electron chi connectivity index (χ4n) is 1.84. The number of aromatic amines is 1. The van der Waals surface area contributed by atoms with Gasteiger partial charge in [-0.05, 0) is 17.7 Å². The Morgan fingerprint density at radius 3 is 2.33 bits per heavy atom. The largest absolute Gasteiger partial charge is 0.403 e. The first-order valence-electron chi connectivity index (χ1n) is 5.85. The normalized spacial score (nSPS) is 12.6. The van der Waals surface area contributed by atoms with Gasteiger partial charge in [-0.15, -0.1) is 0 Å². The molecule has 21 heavy (non-hydrogen) atoms. The molecule has 0 unspecified atom stereocenters. The topological polar surface area (TPSA) is 88.8 Å². The van der Waals surface area contributed by atoms with Crippen molar-refractivity contribution in [1.29, 1.82) is 0 Å². The molecule has 0 amide bonds. The molecule has 0 aliphatic carbocycles. The number of nitrogens with two attached hydrogens (primary N) is 1. The van der Waals surface area contributed by atoms with Crippen molar-refractivity contribution in [2.75, 3.05) is 5.75 Å². The smallest absolute Gasteiger partial charge is 0.326 e. The highest BCUT2D eigenvalue weighted by molar-refractivity contribution is 7.91. The van der Waals surface area contributed by atoms with Crippen LogP contribution in [0.2, 0.25) is 0 Å². The average Bonchev–Trinajstić information content (AvgIpc) is 2.84. The first-order chi connectivity index (χ1) is 9.73. The third kappa shape index (κ3) is 3.61. The van der Waals surface area contributed by atoms with Gasteiger partial charge in [0.2, 0.25) is 0 Å². The molecule has 0 atom stereocenters. The lowest BCUT2D eigenvalue weighted by atomic mass is 10.1. The Kier molecular flexibility index (Phi) is 4.06. The second-order valence-corrected chi connectivity index (χ2v) is 6.36. The Morgan fingerprint density at radius 2 is 1.81 bits per heavy atom. The predicted octanol–water partition coefficient (Wildman–Crippen LogP) is 1.87. The third-order valence-electron chi connectivity index (χ3n) is 2.79. The number of H-pyrrole nitrogens is 1. The van der Waals surface area contributed by atoms with Gasteiger partial charge in [0.25, 0.3) is 0 Å². The van der Waals surface area contributed by atoms with Crippen LogP contribution >= 0.6 is 0 Å². The van der Waals surface area contributed by atoms with Crippen LogP contribution in [0.1, 0.15) is 5.56 Å². The first-order valence-corrected chi connectivity index (χ1v) is 7.50. The lowest BCUT2D eigenvalue weighted by Gasteiger charge is -2.08. The minimum absolute atomic E-state index is 0.236. The first kappa shape index (κ1) is 15.5. The summed E-state index contributed by atoms with van der Waals surface area (Å²) in [5, 5.41) is 6.53. The van der Waals surface area contributed by atoms with Gasteiger partial charge in [0.15, 0.2) is 15.6 Å². The van der Waals surface area contributed by atoms with Crippen LogP contribution < -0.4 is 5.73 Å². The van der Waals surface area contributed by atoms with Gasteiger partial charge in [-0.1, -0.05) is 12.1 Å². The fraction of sp³-hybridized carbons (Fsp3) is 0.250. The van der Waals surface area contributed by atoms with E-state index in [-0.39, 0.29) is 11.4 Å². The Hall–Kier alpha value is -1.87. The Morgan fingerprint density at radius 1 is 1.19 bits per heavy atom. The van der Waals surface area contributed by atoms with Gasteiger partial charge in [-0.2, -0.15) is 18.3 Å². The molecule has 3 N–H and O–H groups in total. The highest BCUT2D eigenvalue weighted by Gasteiger charge is 2.35. The number of aromatic nitrogens is 2. The van der Waals surface area contributed by atoms with Gasteiger partial charge in [-0.3, -0.25) is 5.10 Å². The van der Waals surface area contributed by atoms with Crippen molar-refractivity contribution >= 4 is 9.84 Å². The van der Waals surface area contributed by atoms with Crippen LogP contribution in [0.3, 0.4) is 0 Å². The summed E-state index contributed by atoms with van der Waals surface area (Å²) in [4.78, 5) is -0.377. The van der Waals surface area contributed by atoms with Crippen LogP contribution in [-0.4, -0.2) is 30.5 Å². The molecular formula is C12H12F3N3O2S. The number of benzene rings is 1. The third-order valence-corrected chi connectivity index (χ3v) is 4.49. The Labute approximate surface area is 118 Å². The average molecular weight is 319 g/mol. The molecule has 0 saturated heterocycles. The van der Waals surface area contributed by atoms with Crippen molar-refractivity contribution in [2.24, 2.45) is 5.73 Å². The molecule has 0 aliphatic heterocycles. The number of rotatable bonds is 4. The van der Waals surface area contributed by atoms with E-state index >= 15 is 0 Å². The molecule has 2 rings (SSSR count). The lowest BCUT2D eigenvalue weighted by Crippen LogP contribution is -2.22. The summed E-state index contributed by atoms with van der Waals surface area (Å²) >= 11 is 0. The molecule has 0 radical (unpaired) electrons. The SMILES string of the molecule is NCc1cn[nH]c1-c1ccc(S(=O)(=O)CC(F)(F)F)cc1. The van der Waals surface area contributed by atoms with Gasteiger partial charge in [0.1, 0.15) is 0 Å². The number of nitrogens with one attached hydrogen (secondary N) is 1. The van der Waals surface area contributed by atoms with Crippen molar-refractivity contribution in [3.05, 3.63) is 36.0 Å². The molecule has 0 bridgehead atoms. The maximum atomic E-state index is 12.2. The van der Waals surface area contributed by atoms with E-state index in [1.807, 2.05) is 0 Å². The molecule has 1 aromatic carbocycles. The second kappa shape index (κ2) is 5.49. The van der Waals surface area contributed by atoms with Gasteiger partial charge < -0.3 is 5.73 Å². The van der Waals surface area contributed by atoms with Crippen molar-refractivity contribution in [3.63, 3.8) is 0 Å². The molecule has 1 heterocycles. The molecule has 0 fully saturated rings. The van der Waals surface area contributed by atoms with Crippen molar-refractivity contribution < 1.29 is 21.6 Å².